The molecule has 0 atom stereocenters. The molecular weight excluding hydrogens is 278 g/mol. The third-order valence-corrected chi connectivity index (χ3v) is 3.38. The summed E-state index contributed by atoms with van der Waals surface area (Å²) in [5.41, 5.74) is 1.79. The maximum atomic E-state index is 12.4. The van der Waals surface area contributed by atoms with Crippen molar-refractivity contribution >= 4 is 11.7 Å². The van der Waals surface area contributed by atoms with Gasteiger partial charge in [0.25, 0.3) is 0 Å². The normalized spacial score (nSPS) is 10.1. The third kappa shape index (κ3) is 3.91. The minimum atomic E-state index is -0.161. The minimum absolute atomic E-state index is 0.161. The summed E-state index contributed by atoms with van der Waals surface area (Å²) in [7, 11) is 3.57. The number of anilines is 1. The molecule has 0 radical (unpaired) electrons. The summed E-state index contributed by atoms with van der Waals surface area (Å²) in [6.07, 6.45) is 3.68. The standard InChI is InChI=1S/C17H21N3O2/c1-4-11-20(13-15-6-5-12-19(15)2)17(21)18-14-7-9-16(22-3)10-8-14/h4-10,12H,1,11,13H2,2-3H3,(H,18,21). The first-order chi connectivity index (χ1) is 10.6. The van der Waals surface area contributed by atoms with Gasteiger partial charge in [0, 0.05) is 31.2 Å². The number of carbonyl (C=O) groups is 1. The lowest BCUT2D eigenvalue weighted by molar-refractivity contribution is 0.214. The van der Waals surface area contributed by atoms with Gasteiger partial charge in [-0.05, 0) is 36.4 Å². The number of amides is 2. The van der Waals surface area contributed by atoms with Crippen LogP contribution in [-0.2, 0) is 13.6 Å². The molecule has 22 heavy (non-hydrogen) atoms. The van der Waals surface area contributed by atoms with E-state index in [0.29, 0.717) is 13.1 Å². The van der Waals surface area contributed by atoms with Crippen LogP contribution in [0.1, 0.15) is 5.69 Å². The average molecular weight is 299 g/mol. The molecule has 1 aromatic heterocycles. The van der Waals surface area contributed by atoms with Gasteiger partial charge in [0.2, 0.25) is 0 Å². The number of hydrogen-bond donors (Lipinski definition) is 1. The molecule has 0 aliphatic carbocycles. The van der Waals surface area contributed by atoms with Gasteiger partial charge in [-0.15, -0.1) is 6.58 Å². The fourth-order valence-corrected chi connectivity index (χ4v) is 2.11. The van der Waals surface area contributed by atoms with Gasteiger partial charge >= 0.3 is 6.03 Å². The minimum Gasteiger partial charge on any atom is -0.497 e. The van der Waals surface area contributed by atoms with E-state index in [9.17, 15) is 4.79 Å². The summed E-state index contributed by atoms with van der Waals surface area (Å²) in [4.78, 5) is 14.1. The van der Waals surface area contributed by atoms with Crippen LogP contribution in [0.5, 0.6) is 5.75 Å². The van der Waals surface area contributed by atoms with Crippen molar-refractivity contribution in [3.05, 3.63) is 60.9 Å². The van der Waals surface area contributed by atoms with Crippen molar-refractivity contribution in [2.24, 2.45) is 7.05 Å². The Morgan fingerprint density at radius 2 is 2.09 bits per heavy atom. The Kier molecular flexibility index (Phi) is 5.25. The van der Waals surface area contributed by atoms with Gasteiger partial charge in [0.05, 0.1) is 13.7 Å². The van der Waals surface area contributed by atoms with E-state index in [1.54, 1.807) is 18.1 Å². The van der Waals surface area contributed by atoms with Crippen LogP contribution in [0.4, 0.5) is 10.5 Å². The van der Waals surface area contributed by atoms with E-state index in [1.165, 1.54) is 0 Å². The van der Waals surface area contributed by atoms with Gasteiger partial charge in [-0.1, -0.05) is 6.08 Å². The van der Waals surface area contributed by atoms with E-state index in [-0.39, 0.29) is 6.03 Å². The van der Waals surface area contributed by atoms with E-state index in [2.05, 4.69) is 11.9 Å². The molecule has 0 unspecified atom stereocenters. The molecule has 1 N–H and O–H groups in total. The number of ether oxygens (including phenoxy) is 1. The van der Waals surface area contributed by atoms with Crippen LogP contribution in [-0.4, -0.2) is 29.2 Å². The number of nitrogens with zero attached hydrogens (tertiary/aromatic N) is 2. The molecular formula is C17H21N3O2. The van der Waals surface area contributed by atoms with Crippen molar-refractivity contribution < 1.29 is 9.53 Å². The van der Waals surface area contributed by atoms with Crippen molar-refractivity contribution in [3.63, 3.8) is 0 Å². The third-order valence-electron chi connectivity index (χ3n) is 3.38. The van der Waals surface area contributed by atoms with Gasteiger partial charge in [0.15, 0.2) is 0 Å². The maximum Gasteiger partial charge on any atom is 0.322 e. The molecule has 0 fully saturated rings. The van der Waals surface area contributed by atoms with E-state index in [1.807, 2.05) is 54.2 Å². The molecule has 0 spiro atoms. The zero-order valence-electron chi connectivity index (χ0n) is 13.0. The Hall–Kier alpha value is -2.69. The summed E-state index contributed by atoms with van der Waals surface area (Å²) in [5.74, 6) is 0.754. The number of rotatable bonds is 6. The number of urea groups is 1. The SMILES string of the molecule is C=CCN(Cc1cccn1C)C(=O)Nc1ccc(OC)cc1. The molecule has 1 aromatic carbocycles. The van der Waals surface area contributed by atoms with Crippen molar-refractivity contribution in [3.8, 4) is 5.75 Å². The van der Waals surface area contributed by atoms with Crippen LogP contribution in [0, 0.1) is 0 Å². The fourth-order valence-electron chi connectivity index (χ4n) is 2.11. The van der Waals surface area contributed by atoms with E-state index >= 15 is 0 Å². The summed E-state index contributed by atoms with van der Waals surface area (Å²) < 4.78 is 7.10. The van der Waals surface area contributed by atoms with Crippen LogP contribution >= 0.6 is 0 Å². The number of benzene rings is 1. The Morgan fingerprint density at radius 1 is 1.36 bits per heavy atom. The van der Waals surface area contributed by atoms with Gasteiger partial charge in [0.1, 0.15) is 5.75 Å². The summed E-state index contributed by atoms with van der Waals surface area (Å²) in [6.45, 7) is 4.72. The Morgan fingerprint density at radius 3 is 2.64 bits per heavy atom. The first-order valence-corrected chi connectivity index (χ1v) is 7.05. The number of nitrogens with one attached hydrogen (secondary N) is 1. The van der Waals surface area contributed by atoms with Gasteiger partial charge in [-0.3, -0.25) is 0 Å². The Bertz CT molecular complexity index is 632. The van der Waals surface area contributed by atoms with Crippen LogP contribution < -0.4 is 10.1 Å². The molecule has 5 nitrogen and oxygen atoms in total. The lowest BCUT2D eigenvalue weighted by Crippen LogP contribution is -2.35. The topological polar surface area (TPSA) is 46.5 Å². The van der Waals surface area contributed by atoms with Gasteiger partial charge in [-0.2, -0.15) is 0 Å². The molecule has 1 heterocycles. The van der Waals surface area contributed by atoms with Crippen LogP contribution in [0.25, 0.3) is 0 Å². The molecule has 0 aliphatic heterocycles. The van der Waals surface area contributed by atoms with Crippen molar-refractivity contribution in [1.82, 2.24) is 9.47 Å². The van der Waals surface area contributed by atoms with Crippen LogP contribution in [0.2, 0.25) is 0 Å². The number of carbonyl (C=O) groups excluding carboxylic acids is 1. The van der Waals surface area contributed by atoms with Crippen molar-refractivity contribution in [2.45, 2.75) is 6.54 Å². The van der Waals surface area contributed by atoms with Gasteiger partial charge < -0.3 is 19.5 Å². The van der Waals surface area contributed by atoms with Gasteiger partial charge in [-0.25, -0.2) is 4.79 Å². The summed E-state index contributed by atoms with van der Waals surface area (Å²) in [5, 5.41) is 2.88. The summed E-state index contributed by atoms with van der Waals surface area (Å²) in [6, 6.07) is 11.0. The molecule has 0 bridgehead atoms. The molecule has 5 heteroatoms. The van der Waals surface area contributed by atoms with E-state index < -0.39 is 0 Å². The average Bonchev–Trinajstić information content (AvgIpc) is 2.93. The maximum absolute atomic E-state index is 12.4. The second-order valence-corrected chi connectivity index (χ2v) is 4.94. The number of hydrogen-bond acceptors (Lipinski definition) is 2. The molecule has 116 valence electrons. The Labute approximate surface area is 130 Å². The van der Waals surface area contributed by atoms with Crippen LogP contribution in [0.3, 0.4) is 0 Å². The highest BCUT2D eigenvalue weighted by atomic mass is 16.5. The molecule has 0 saturated carbocycles. The van der Waals surface area contributed by atoms with E-state index in [0.717, 1.165) is 17.1 Å². The second kappa shape index (κ2) is 7.36. The number of aromatic nitrogens is 1. The second-order valence-electron chi connectivity index (χ2n) is 4.94. The lowest BCUT2D eigenvalue weighted by Gasteiger charge is -2.22. The lowest BCUT2D eigenvalue weighted by atomic mass is 10.3. The number of methoxy groups -OCH3 is 1. The van der Waals surface area contributed by atoms with E-state index in [4.69, 9.17) is 4.74 Å². The molecule has 0 aliphatic rings. The first-order valence-electron chi connectivity index (χ1n) is 7.05. The molecule has 0 saturated heterocycles. The molecule has 2 amide bonds. The quantitative estimate of drug-likeness (QED) is 0.832. The largest absolute Gasteiger partial charge is 0.497 e. The highest BCUT2D eigenvalue weighted by Gasteiger charge is 2.14. The zero-order chi connectivity index (χ0) is 15.9. The monoisotopic (exact) mass is 299 g/mol. The predicted molar refractivity (Wildman–Crippen MR) is 88.0 cm³/mol. The molecule has 2 aromatic rings. The summed E-state index contributed by atoms with van der Waals surface area (Å²) >= 11 is 0. The highest BCUT2D eigenvalue weighted by Crippen LogP contribution is 2.16. The Balaban J connectivity index is 2.05. The van der Waals surface area contributed by atoms with Crippen molar-refractivity contribution in [2.75, 3.05) is 19.0 Å². The van der Waals surface area contributed by atoms with Crippen LogP contribution in [0.15, 0.2) is 55.3 Å². The zero-order valence-corrected chi connectivity index (χ0v) is 13.0. The highest BCUT2D eigenvalue weighted by molar-refractivity contribution is 5.89. The molecule has 2 rings (SSSR count). The smallest absolute Gasteiger partial charge is 0.322 e. The number of aryl methyl sites for hydroxylation is 1. The first kappa shape index (κ1) is 15.7. The predicted octanol–water partition coefficient (Wildman–Crippen LogP) is 3.25. The fraction of sp³-hybridized carbons (Fsp3) is 0.235. The van der Waals surface area contributed by atoms with Crippen molar-refractivity contribution in [1.29, 1.82) is 0 Å².